The van der Waals surface area contributed by atoms with Crippen molar-refractivity contribution in [3.8, 4) is 0 Å². The molecule has 5 rings (SSSR count). The van der Waals surface area contributed by atoms with Crippen LogP contribution in [0.5, 0.6) is 0 Å². The molecule has 31 heavy (non-hydrogen) atoms. The molecular weight excluding hydrogens is 398 g/mol. The van der Waals surface area contributed by atoms with Gasteiger partial charge in [0.25, 0.3) is 0 Å². The van der Waals surface area contributed by atoms with Crippen LogP contribution in [-0.2, 0) is 16.1 Å². The number of amides is 2. The van der Waals surface area contributed by atoms with Crippen LogP contribution in [0.1, 0.15) is 31.0 Å². The first-order valence-electron chi connectivity index (χ1n) is 11.5. The number of nitrogens with zero attached hydrogens (tertiary/aromatic N) is 5. The average Bonchev–Trinajstić information content (AvgIpc) is 3.49. The number of fused-ring (bicyclic) bond motifs is 3. The number of carbonyl (C=O) groups excluding carboxylic acids is 1. The van der Waals surface area contributed by atoms with E-state index < -0.39 is 6.09 Å². The number of carboxylic acid groups (broad SMARTS) is 1. The maximum absolute atomic E-state index is 12.7. The number of aromatic nitrogens is 1. The molecule has 3 saturated heterocycles. The third-order valence-electron chi connectivity index (χ3n) is 7.75. The first-order chi connectivity index (χ1) is 15.0. The van der Waals surface area contributed by atoms with Gasteiger partial charge in [-0.25, -0.2) is 4.79 Å². The summed E-state index contributed by atoms with van der Waals surface area (Å²) in [5.41, 5.74) is 0.924. The Balaban J connectivity index is 1.09. The Kier molecular flexibility index (Phi) is 5.66. The molecule has 9 nitrogen and oxygen atoms in total. The molecule has 3 fully saturated rings. The van der Waals surface area contributed by atoms with E-state index in [0.717, 1.165) is 31.6 Å². The zero-order valence-electron chi connectivity index (χ0n) is 18.2. The summed E-state index contributed by atoms with van der Waals surface area (Å²) in [7, 11) is 2.23. The van der Waals surface area contributed by atoms with Gasteiger partial charge in [-0.3, -0.25) is 14.6 Å². The van der Waals surface area contributed by atoms with Crippen molar-refractivity contribution in [2.45, 2.75) is 50.0 Å². The van der Waals surface area contributed by atoms with E-state index in [1.165, 1.54) is 24.4 Å². The smallest absolute Gasteiger partial charge is 0.408 e. The van der Waals surface area contributed by atoms with Gasteiger partial charge in [0.1, 0.15) is 6.61 Å². The van der Waals surface area contributed by atoms with E-state index in [0.29, 0.717) is 31.2 Å². The van der Waals surface area contributed by atoms with Gasteiger partial charge in [0.15, 0.2) is 0 Å². The highest BCUT2D eigenvalue weighted by atomic mass is 16.5. The highest BCUT2D eigenvalue weighted by Crippen LogP contribution is 2.33. The number of piperazine rings is 1. The van der Waals surface area contributed by atoms with Gasteiger partial charge >= 0.3 is 6.09 Å². The summed E-state index contributed by atoms with van der Waals surface area (Å²) in [5.74, 6) is 0.00851. The van der Waals surface area contributed by atoms with Crippen molar-refractivity contribution < 1.29 is 19.4 Å². The molecule has 4 aliphatic rings. The summed E-state index contributed by atoms with van der Waals surface area (Å²) < 4.78 is 7.81. The second kappa shape index (κ2) is 8.44. The molecule has 170 valence electrons. The van der Waals surface area contributed by atoms with E-state index in [4.69, 9.17) is 4.74 Å². The van der Waals surface area contributed by atoms with Gasteiger partial charge in [0.05, 0.1) is 12.6 Å². The molecule has 0 aliphatic carbocycles. The summed E-state index contributed by atoms with van der Waals surface area (Å²) in [5, 5.41) is 9.53. The number of hydrogen-bond acceptors (Lipinski definition) is 5. The molecule has 2 bridgehead atoms. The van der Waals surface area contributed by atoms with Crippen LogP contribution in [0.15, 0.2) is 18.3 Å². The van der Waals surface area contributed by atoms with Crippen LogP contribution in [0.3, 0.4) is 0 Å². The molecule has 3 unspecified atom stereocenters. The zero-order valence-corrected chi connectivity index (χ0v) is 18.2. The van der Waals surface area contributed by atoms with Crippen molar-refractivity contribution >= 4 is 12.0 Å². The van der Waals surface area contributed by atoms with Crippen LogP contribution in [-0.4, -0.2) is 112 Å². The molecule has 1 aromatic heterocycles. The lowest BCUT2D eigenvalue weighted by molar-refractivity contribution is -0.138. The summed E-state index contributed by atoms with van der Waals surface area (Å²) in [6, 6.07) is 5.48. The van der Waals surface area contributed by atoms with Gasteiger partial charge in [0, 0.05) is 69.3 Å². The summed E-state index contributed by atoms with van der Waals surface area (Å²) in [4.78, 5) is 32.8. The van der Waals surface area contributed by atoms with E-state index in [1.807, 2.05) is 23.2 Å². The molecular formula is C22H33N5O4. The second-order valence-corrected chi connectivity index (χ2v) is 9.43. The molecule has 0 spiro atoms. The minimum atomic E-state index is -0.948. The summed E-state index contributed by atoms with van der Waals surface area (Å²) in [6.07, 6.45) is 4.36. The van der Waals surface area contributed by atoms with Crippen molar-refractivity contribution in [2.24, 2.45) is 0 Å². The molecule has 0 radical (unpaired) electrons. The first-order valence-corrected chi connectivity index (χ1v) is 11.5. The van der Waals surface area contributed by atoms with E-state index >= 15 is 0 Å². The Morgan fingerprint density at radius 1 is 1.10 bits per heavy atom. The maximum atomic E-state index is 12.7. The van der Waals surface area contributed by atoms with E-state index in [2.05, 4.69) is 21.4 Å². The van der Waals surface area contributed by atoms with Crippen molar-refractivity contribution in [2.75, 3.05) is 53.0 Å². The number of ether oxygens (including phenoxy) is 1. The van der Waals surface area contributed by atoms with Crippen LogP contribution in [0.4, 0.5) is 4.79 Å². The number of likely N-dealkylation sites (N-methyl/N-ethyl adjacent to an activating group) is 1. The topological polar surface area (TPSA) is 81.5 Å². The zero-order chi connectivity index (χ0) is 21.5. The fourth-order valence-electron chi connectivity index (χ4n) is 6.01. The monoisotopic (exact) mass is 431 g/mol. The van der Waals surface area contributed by atoms with Crippen LogP contribution in [0.25, 0.3) is 0 Å². The lowest BCUT2D eigenvalue weighted by Crippen LogP contribution is -2.53. The van der Waals surface area contributed by atoms with Crippen LogP contribution in [0.2, 0.25) is 0 Å². The quantitative estimate of drug-likeness (QED) is 0.747. The van der Waals surface area contributed by atoms with Crippen molar-refractivity contribution in [3.05, 3.63) is 24.0 Å². The predicted molar refractivity (Wildman–Crippen MR) is 114 cm³/mol. The van der Waals surface area contributed by atoms with Gasteiger partial charge in [0.2, 0.25) is 5.91 Å². The molecule has 4 aliphatic heterocycles. The number of rotatable bonds is 5. The number of piperidine rings is 1. The van der Waals surface area contributed by atoms with E-state index in [1.54, 1.807) is 0 Å². The Hall–Kier alpha value is -2.10. The summed E-state index contributed by atoms with van der Waals surface area (Å²) >= 11 is 0. The fourth-order valence-corrected chi connectivity index (χ4v) is 6.01. The molecule has 1 N–H and O–H groups in total. The highest BCUT2D eigenvalue weighted by molar-refractivity contribution is 5.77. The van der Waals surface area contributed by atoms with Gasteiger partial charge < -0.3 is 24.2 Å². The minimum Gasteiger partial charge on any atom is -0.465 e. The first kappa shape index (κ1) is 20.8. The number of hydrogen-bond donors (Lipinski definition) is 1. The van der Waals surface area contributed by atoms with Crippen molar-refractivity contribution in [3.63, 3.8) is 0 Å². The van der Waals surface area contributed by atoms with Crippen molar-refractivity contribution in [1.29, 1.82) is 0 Å². The highest BCUT2D eigenvalue weighted by Gasteiger charge is 2.44. The van der Waals surface area contributed by atoms with Gasteiger partial charge in [-0.1, -0.05) is 0 Å². The van der Waals surface area contributed by atoms with Crippen LogP contribution < -0.4 is 0 Å². The third-order valence-corrected chi connectivity index (χ3v) is 7.75. The molecule has 0 aromatic carbocycles. The second-order valence-electron chi connectivity index (χ2n) is 9.43. The molecule has 9 heteroatoms. The normalized spacial score (nSPS) is 29.5. The predicted octanol–water partition coefficient (Wildman–Crippen LogP) is 0.919. The van der Waals surface area contributed by atoms with E-state index in [-0.39, 0.29) is 25.2 Å². The average molecular weight is 432 g/mol. The maximum Gasteiger partial charge on any atom is 0.408 e. The molecule has 2 amide bonds. The molecule has 5 heterocycles. The Morgan fingerprint density at radius 3 is 2.58 bits per heavy atom. The fraction of sp³-hybridized carbons (Fsp3) is 0.727. The third kappa shape index (κ3) is 3.94. The largest absolute Gasteiger partial charge is 0.465 e. The van der Waals surface area contributed by atoms with Crippen LogP contribution in [0, 0.1) is 0 Å². The Bertz CT molecular complexity index is 819. The van der Waals surface area contributed by atoms with Gasteiger partial charge in [-0.2, -0.15) is 0 Å². The molecule has 0 saturated carbocycles. The standard InChI is InChI=1S/C22H33N5O4/c1-23-12-18-11-17(23)13-27(18)16-4-7-25(8-5-16)21(28)15-31-14-20-19-3-2-6-24(19)9-10-26(20)22(29)30/h2-3,6,16-18,20H,4-5,7-15H2,1H3,(H,29,30). The van der Waals surface area contributed by atoms with Gasteiger partial charge in [-0.15, -0.1) is 0 Å². The Labute approximate surface area is 183 Å². The SMILES string of the molecule is CN1CC2CC1CN2C1CCN(C(=O)COCC2c3cccn3CCN2C(=O)O)CC1. The van der Waals surface area contributed by atoms with Crippen LogP contribution >= 0.6 is 0 Å². The van der Waals surface area contributed by atoms with E-state index in [9.17, 15) is 14.7 Å². The van der Waals surface area contributed by atoms with Crippen molar-refractivity contribution in [1.82, 2.24) is 24.2 Å². The molecule has 1 aromatic rings. The minimum absolute atomic E-state index is 0.00847. The lowest BCUT2D eigenvalue weighted by Gasteiger charge is -2.42. The number of carbonyl (C=O) groups is 2. The van der Waals surface area contributed by atoms with Gasteiger partial charge in [-0.05, 0) is 38.4 Å². The summed E-state index contributed by atoms with van der Waals surface area (Å²) in [6.45, 7) is 5.20. The molecule has 3 atom stereocenters. The Morgan fingerprint density at radius 2 is 1.90 bits per heavy atom. The lowest BCUT2D eigenvalue weighted by atomic mass is 10.0. The number of likely N-dealkylation sites (tertiary alicyclic amines) is 3.